The first-order valence-corrected chi connectivity index (χ1v) is 6.46. The highest BCUT2D eigenvalue weighted by Crippen LogP contribution is 2.20. The molecule has 0 aliphatic heterocycles. The van der Waals surface area contributed by atoms with Gasteiger partial charge >= 0.3 is 5.76 Å². The number of hydrogen-bond acceptors (Lipinski definition) is 4. The van der Waals surface area contributed by atoms with Gasteiger partial charge in [0.05, 0.1) is 5.52 Å². The van der Waals surface area contributed by atoms with Gasteiger partial charge in [0.15, 0.2) is 5.58 Å². The molecule has 1 heterocycles. The summed E-state index contributed by atoms with van der Waals surface area (Å²) in [5.41, 5.74) is 8.24. The van der Waals surface area contributed by atoms with E-state index >= 15 is 0 Å². The first-order valence-electron chi connectivity index (χ1n) is 6.46. The van der Waals surface area contributed by atoms with Crippen molar-refractivity contribution in [2.75, 3.05) is 18.4 Å². The quantitative estimate of drug-likeness (QED) is 0.864. The van der Waals surface area contributed by atoms with Gasteiger partial charge in [-0.3, -0.25) is 4.57 Å². The van der Waals surface area contributed by atoms with E-state index < -0.39 is 0 Å². The van der Waals surface area contributed by atoms with Crippen LogP contribution in [0.3, 0.4) is 0 Å². The van der Waals surface area contributed by atoms with Crippen molar-refractivity contribution in [3.8, 4) is 0 Å². The standard InChI is InChI=1S/C14H21N3O2/c1-14(2,9-15)6-7-16-10-4-5-12-11(8-10)17(3)13(18)19-12/h4-5,8,16H,6-7,9,15H2,1-3H3. The monoisotopic (exact) mass is 263 g/mol. The smallest absolute Gasteiger partial charge is 0.408 e. The third-order valence-electron chi connectivity index (χ3n) is 3.47. The summed E-state index contributed by atoms with van der Waals surface area (Å²) >= 11 is 0. The van der Waals surface area contributed by atoms with Gasteiger partial charge in [-0.05, 0) is 36.6 Å². The second-order valence-corrected chi connectivity index (χ2v) is 5.65. The highest BCUT2D eigenvalue weighted by atomic mass is 16.4. The molecule has 104 valence electrons. The van der Waals surface area contributed by atoms with Gasteiger partial charge in [-0.1, -0.05) is 13.8 Å². The molecule has 2 aromatic rings. The highest BCUT2D eigenvalue weighted by Gasteiger charge is 2.14. The predicted molar refractivity (Wildman–Crippen MR) is 77.4 cm³/mol. The van der Waals surface area contributed by atoms with E-state index in [2.05, 4.69) is 19.2 Å². The van der Waals surface area contributed by atoms with Crippen molar-refractivity contribution in [1.29, 1.82) is 0 Å². The van der Waals surface area contributed by atoms with Crippen molar-refractivity contribution in [3.63, 3.8) is 0 Å². The molecule has 5 heteroatoms. The summed E-state index contributed by atoms with van der Waals surface area (Å²) in [4.78, 5) is 11.4. The van der Waals surface area contributed by atoms with Gasteiger partial charge in [0.2, 0.25) is 0 Å². The van der Waals surface area contributed by atoms with Gasteiger partial charge in [-0.25, -0.2) is 4.79 Å². The van der Waals surface area contributed by atoms with Crippen LogP contribution in [0, 0.1) is 5.41 Å². The Hall–Kier alpha value is -1.75. The van der Waals surface area contributed by atoms with E-state index in [1.165, 1.54) is 4.57 Å². The van der Waals surface area contributed by atoms with Crippen molar-refractivity contribution >= 4 is 16.8 Å². The van der Waals surface area contributed by atoms with E-state index in [4.69, 9.17) is 10.2 Å². The number of benzene rings is 1. The minimum Gasteiger partial charge on any atom is -0.408 e. The molecule has 1 aromatic carbocycles. The molecular weight excluding hydrogens is 242 g/mol. The first kappa shape index (κ1) is 13.7. The van der Waals surface area contributed by atoms with Crippen LogP contribution in [0.15, 0.2) is 27.4 Å². The second kappa shape index (κ2) is 5.09. The molecule has 0 saturated heterocycles. The highest BCUT2D eigenvalue weighted by molar-refractivity contribution is 5.77. The molecule has 19 heavy (non-hydrogen) atoms. The molecule has 0 fully saturated rings. The molecular formula is C14H21N3O2. The summed E-state index contributed by atoms with van der Waals surface area (Å²) in [5.74, 6) is -0.337. The lowest BCUT2D eigenvalue weighted by atomic mass is 9.90. The summed E-state index contributed by atoms with van der Waals surface area (Å²) in [6.45, 7) is 5.82. The molecule has 0 saturated carbocycles. The number of nitrogens with zero attached hydrogens (tertiary/aromatic N) is 1. The molecule has 0 bridgehead atoms. The number of hydrogen-bond donors (Lipinski definition) is 2. The molecule has 0 aliphatic rings. The summed E-state index contributed by atoms with van der Waals surface area (Å²) in [6, 6.07) is 5.66. The summed E-state index contributed by atoms with van der Waals surface area (Å²) in [6.07, 6.45) is 0.992. The molecule has 0 atom stereocenters. The number of fused-ring (bicyclic) bond motifs is 1. The normalized spacial score (nSPS) is 12.0. The third kappa shape index (κ3) is 2.98. The van der Waals surface area contributed by atoms with Gasteiger partial charge in [-0.15, -0.1) is 0 Å². The zero-order valence-electron chi connectivity index (χ0n) is 11.7. The fourth-order valence-corrected chi connectivity index (χ4v) is 1.88. The van der Waals surface area contributed by atoms with E-state index in [1.54, 1.807) is 7.05 Å². The minimum absolute atomic E-state index is 0.138. The SMILES string of the molecule is Cn1c(=O)oc2ccc(NCCC(C)(C)CN)cc21. The van der Waals surface area contributed by atoms with Crippen LogP contribution in [0.25, 0.3) is 11.1 Å². The average Bonchev–Trinajstić information content (AvgIpc) is 2.65. The fraction of sp³-hybridized carbons (Fsp3) is 0.500. The molecule has 5 nitrogen and oxygen atoms in total. The maximum atomic E-state index is 11.4. The minimum atomic E-state index is -0.337. The van der Waals surface area contributed by atoms with Crippen LogP contribution in [-0.4, -0.2) is 17.7 Å². The lowest BCUT2D eigenvalue weighted by molar-refractivity contribution is 0.358. The van der Waals surface area contributed by atoms with Gasteiger partial charge in [0.25, 0.3) is 0 Å². The van der Waals surface area contributed by atoms with Crippen molar-refractivity contribution in [2.45, 2.75) is 20.3 Å². The average molecular weight is 263 g/mol. The second-order valence-electron chi connectivity index (χ2n) is 5.65. The maximum absolute atomic E-state index is 11.4. The van der Waals surface area contributed by atoms with Crippen molar-refractivity contribution in [2.24, 2.45) is 18.2 Å². The number of oxazole rings is 1. The molecule has 0 unspecified atom stereocenters. The first-order chi connectivity index (χ1) is 8.93. The van der Waals surface area contributed by atoms with Gasteiger partial charge in [0.1, 0.15) is 0 Å². The topological polar surface area (TPSA) is 73.2 Å². The van der Waals surface area contributed by atoms with Crippen LogP contribution < -0.4 is 16.8 Å². The van der Waals surface area contributed by atoms with Crippen LogP contribution >= 0.6 is 0 Å². The lowest BCUT2D eigenvalue weighted by Gasteiger charge is -2.22. The van der Waals surface area contributed by atoms with E-state index in [0.717, 1.165) is 24.2 Å². The third-order valence-corrected chi connectivity index (χ3v) is 3.47. The number of anilines is 1. The van der Waals surface area contributed by atoms with Gasteiger partial charge in [0, 0.05) is 19.3 Å². The van der Waals surface area contributed by atoms with Crippen LogP contribution in [-0.2, 0) is 7.05 Å². The van der Waals surface area contributed by atoms with Crippen LogP contribution in [0.5, 0.6) is 0 Å². The predicted octanol–water partition coefficient (Wildman–Crippen LogP) is 1.92. The lowest BCUT2D eigenvalue weighted by Crippen LogP contribution is -2.26. The summed E-state index contributed by atoms with van der Waals surface area (Å²) in [5, 5.41) is 3.35. The van der Waals surface area contributed by atoms with Crippen molar-refractivity contribution < 1.29 is 4.42 Å². The van der Waals surface area contributed by atoms with Crippen molar-refractivity contribution in [1.82, 2.24) is 4.57 Å². The van der Waals surface area contributed by atoms with E-state index in [-0.39, 0.29) is 11.2 Å². The molecule has 0 spiro atoms. The molecule has 3 N–H and O–H groups in total. The van der Waals surface area contributed by atoms with Crippen LogP contribution in [0.4, 0.5) is 5.69 Å². The van der Waals surface area contributed by atoms with Gasteiger partial charge in [-0.2, -0.15) is 0 Å². The van der Waals surface area contributed by atoms with Gasteiger partial charge < -0.3 is 15.5 Å². The number of nitrogens with one attached hydrogen (secondary N) is 1. The van der Waals surface area contributed by atoms with Crippen molar-refractivity contribution in [3.05, 3.63) is 28.7 Å². The molecule has 2 rings (SSSR count). The van der Waals surface area contributed by atoms with E-state index in [1.807, 2.05) is 18.2 Å². The van der Waals surface area contributed by atoms with E-state index in [0.29, 0.717) is 12.1 Å². The zero-order chi connectivity index (χ0) is 14.0. The Balaban J connectivity index is 2.10. The van der Waals surface area contributed by atoms with Crippen LogP contribution in [0.1, 0.15) is 20.3 Å². The van der Waals surface area contributed by atoms with Crippen LogP contribution in [0.2, 0.25) is 0 Å². The Labute approximate surface area is 112 Å². The zero-order valence-corrected chi connectivity index (χ0v) is 11.7. The Morgan fingerprint density at radius 2 is 2.16 bits per heavy atom. The maximum Gasteiger partial charge on any atom is 0.419 e. The number of aromatic nitrogens is 1. The number of aryl methyl sites for hydroxylation is 1. The molecule has 1 aromatic heterocycles. The molecule has 0 aliphatic carbocycles. The summed E-state index contributed by atoms with van der Waals surface area (Å²) < 4.78 is 6.60. The number of rotatable bonds is 5. The Bertz CT molecular complexity index is 625. The fourth-order valence-electron chi connectivity index (χ4n) is 1.88. The number of nitrogens with two attached hydrogens (primary N) is 1. The Morgan fingerprint density at radius 3 is 2.84 bits per heavy atom. The molecule has 0 amide bonds. The molecule has 0 radical (unpaired) electrons. The van der Waals surface area contributed by atoms with E-state index in [9.17, 15) is 4.79 Å². The largest absolute Gasteiger partial charge is 0.419 e. The Morgan fingerprint density at radius 1 is 1.42 bits per heavy atom. The summed E-state index contributed by atoms with van der Waals surface area (Å²) in [7, 11) is 1.70. The Kier molecular flexibility index (Phi) is 3.66.